The van der Waals surface area contributed by atoms with Gasteiger partial charge in [-0.2, -0.15) is 9.61 Å². The lowest BCUT2D eigenvalue weighted by Gasteiger charge is -2.07. The average molecular weight is 325 g/mol. The number of rotatable bonds is 2. The van der Waals surface area contributed by atoms with Crippen molar-refractivity contribution in [3.05, 3.63) is 41.7 Å². The first-order chi connectivity index (χ1) is 11.7. The molecule has 3 heterocycles. The van der Waals surface area contributed by atoms with Crippen molar-refractivity contribution in [2.24, 2.45) is 0 Å². The molecule has 0 unspecified atom stereocenters. The minimum atomic E-state index is -0.569. The molecule has 1 aliphatic heterocycles. The summed E-state index contributed by atoms with van der Waals surface area (Å²) in [5.74, 6) is -0.525. The minimum absolute atomic E-state index is 0.0304. The number of benzene rings is 1. The largest absolute Gasteiger partial charge is 0.462 e. The topological polar surface area (TPSA) is 108 Å². The van der Waals surface area contributed by atoms with Crippen LogP contribution in [0.5, 0.6) is 11.6 Å². The van der Waals surface area contributed by atoms with Gasteiger partial charge in [-0.15, -0.1) is 10.2 Å². The van der Waals surface area contributed by atoms with E-state index in [9.17, 15) is 9.59 Å². The van der Waals surface area contributed by atoms with Crippen LogP contribution in [0, 0.1) is 0 Å². The van der Waals surface area contributed by atoms with Gasteiger partial charge in [-0.25, -0.2) is 4.79 Å². The summed E-state index contributed by atoms with van der Waals surface area (Å²) in [6.07, 6.45) is 1.31. The van der Waals surface area contributed by atoms with Crippen LogP contribution in [0.2, 0.25) is 0 Å². The Bertz CT molecular complexity index is 981. The predicted molar refractivity (Wildman–Crippen MR) is 81.2 cm³/mol. The van der Waals surface area contributed by atoms with Crippen LogP contribution in [0.4, 0.5) is 5.69 Å². The van der Waals surface area contributed by atoms with E-state index in [1.54, 1.807) is 31.2 Å². The molecule has 0 saturated heterocycles. The van der Waals surface area contributed by atoms with Crippen LogP contribution < -0.4 is 10.1 Å². The van der Waals surface area contributed by atoms with Crippen LogP contribution in [0.15, 0.2) is 30.5 Å². The van der Waals surface area contributed by atoms with Crippen molar-refractivity contribution in [1.29, 1.82) is 0 Å². The first kappa shape index (κ1) is 14.1. The standard InChI is InChI=1S/C15H11N5O4/c1-2-23-15(22)8-7-16-20-12(8)19-18-11-13(21)17-9-5-3-4-6-10(9)24-14(11)20/h3-7H,2H2,1H3,(H,17,21). The number of hydrogen-bond acceptors (Lipinski definition) is 7. The first-order valence-corrected chi connectivity index (χ1v) is 7.19. The molecular weight excluding hydrogens is 314 g/mol. The van der Waals surface area contributed by atoms with Gasteiger partial charge in [-0.05, 0) is 19.1 Å². The van der Waals surface area contributed by atoms with Crippen molar-refractivity contribution in [2.75, 3.05) is 11.9 Å². The quantitative estimate of drug-likeness (QED) is 0.714. The third-order valence-electron chi connectivity index (χ3n) is 3.44. The number of aromatic nitrogens is 4. The normalized spacial score (nSPS) is 12.6. The molecule has 0 saturated carbocycles. The number of hydrogen-bond donors (Lipinski definition) is 1. The van der Waals surface area contributed by atoms with Gasteiger partial charge in [0.15, 0.2) is 11.4 Å². The van der Waals surface area contributed by atoms with Crippen LogP contribution in [0.25, 0.3) is 5.65 Å². The summed E-state index contributed by atoms with van der Waals surface area (Å²) in [5.41, 5.74) is 0.775. The molecule has 1 aromatic carbocycles. The maximum atomic E-state index is 12.3. The van der Waals surface area contributed by atoms with E-state index in [-0.39, 0.29) is 29.4 Å². The molecule has 9 heteroatoms. The Morgan fingerprint density at radius 2 is 2.17 bits per heavy atom. The van der Waals surface area contributed by atoms with Gasteiger partial charge in [0.1, 0.15) is 5.56 Å². The number of anilines is 1. The number of fused-ring (bicyclic) bond motifs is 4. The Balaban J connectivity index is 1.91. The van der Waals surface area contributed by atoms with Crippen LogP contribution in [-0.4, -0.2) is 38.3 Å². The number of carbonyl (C=O) groups excluding carboxylic acids is 2. The highest BCUT2D eigenvalue weighted by Gasteiger charge is 2.28. The second-order valence-electron chi connectivity index (χ2n) is 4.92. The zero-order valence-corrected chi connectivity index (χ0v) is 12.5. The highest BCUT2D eigenvalue weighted by atomic mass is 16.5. The number of nitrogens with one attached hydrogen (secondary N) is 1. The van der Waals surface area contributed by atoms with Crippen molar-refractivity contribution < 1.29 is 19.1 Å². The third-order valence-corrected chi connectivity index (χ3v) is 3.44. The maximum absolute atomic E-state index is 12.3. The minimum Gasteiger partial charge on any atom is -0.462 e. The summed E-state index contributed by atoms with van der Waals surface area (Å²) in [5, 5.41) is 14.6. The fraction of sp³-hybridized carbons (Fsp3) is 0.133. The second kappa shape index (κ2) is 5.30. The fourth-order valence-corrected chi connectivity index (χ4v) is 2.36. The van der Waals surface area contributed by atoms with E-state index in [1.807, 2.05) is 0 Å². The SMILES string of the molecule is CCOC(=O)c1cnn2c3c(nnc12)C(=O)Nc1ccccc1O3. The van der Waals surface area contributed by atoms with Crippen molar-refractivity contribution in [1.82, 2.24) is 19.8 Å². The molecule has 2 aromatic heterocycles. The molecule has 24 heavy (non-hydrogen) atoms. The Kier molecular flexibility index (Phi) is 3.12. The van der Waals surface area contributed by atoms with Gasteiger partial charge in [-0.1, -0.05) is 12.1 Å². The van der Waals surface area contributed by atoms with Gasteiger partial charge in [0.25, 0.3) is 11.8 Å². The second-order valence-corrected chi connectivity index (χ2v) is 4.92. The Hall–Kier alpha value is -3.49. The van der Waals surface area contributed by atoms with Crippen LogP contribution >= 0.6 is 0 Å². The van der Waals surface area contributed by atoms with Gasteiger partial charge < -0.3 is 14.8 Å². The van der Waals surface area contributed by atoms with E-state index in [1.165, 1.54) is 10.7 Å². The molecule has 120 valence electrons. The number of nitrogens with zero attached hydrogens (tertiary/aromatic N) is 4. The Labute approximate surface area is 135 Å². The van der Waals surface area contributed by atoms with E-state index in [4.69, 9.17) is 9.47 Å². The molecule has 1 aliphatic rings. The molecule has 0 bridgehead atoms. The van der Waals surface area contributed by atoms with Crippen molar-refractivity contribution >= 4 is 23.2 Å². The zero-order chi connectivity index (χ0) is 16.7. The summed E-state index contributed by atoms with van der Waals surface area (Å²) >= 11 is 0. The summed E-state index contributed by atoms with van der Waals surface area (Å²) in [4.78, 5) is 24.3. The molecule has 0 spiro atoms. The monoisotopic (exact) mass is 325 g/mol. The summed E-state index contributed by atoms with van der Waals surface area (Å²) in [7, 11) is 0. The van der Waals surface area contributed by atoms with Gasteiger partial charge in [0.05, 0.1) is 18.5 Å². The number of ether oxygens (including phenoxy) is 2. The van der Waals surface area contributed by atoms with Crippen molar-refractivity contribution in [3.63, 3.8) is 0 Å². The number of carbonyl (C=O) groups is 2. The smallest absolute Gasteiger partial charge is 0.343 e. The lowest BCUT2D eigenvalue weighted by Crippen LogP contribution is -2.15. The lowest BCUT2D eigenvalue weighted by molar-refractivity contribution is 0.0528. The molecule has 0 radical (unpaired) electrons. The highest BCUT2D eigenvalue weighted by Crippen LogP contribution is 2.34. The third kappa shape index (κ3) is 2.06. The van der Waals surface area contributed by atoms with E-state index in [0.717, 1.165) is 0 Å². The number of amides is 1. The van der Waals surface area contributed by atoms with Crippen LogP contribution in [0.3, 0.4) is 0 Å². The molecular formula is C15H11N5O4. The van der Waals surface area contributed by atoms with Crippen LogP contribution in [-0.2, 0) is 4.74 Å². The fourth-order valence-electron chi connectivity index (χ4n) is 2.36. The predicted octanol–water partition coefficient (Wildman–Crippen LogP) is 1.66. The molecule has 0 fully saturated rings. The molecule has 1 amide bonds. The van der Waals surface area contributed by atoms with Gasteiger partial charge in [-0.3, -0.25) is 4.79 Å². The zero-order valence-electron chi connectivity index (χ0n) is 12.5. The van der Waals surface area contributed by atoms with E-state index >= 15 is 0 Å². The Morgan fingerprint density at radius 3 is 3.00 bits per heavy atom. The molecule has 4 rings (SSSR count). The number of esters is 1. The summed E-state index contributed by atoms with van der Waals surface area (Å²) < 4.78 is 12.0. The van der Waals surface area contributed by atoms with Gasteiger partial charge >= 0.3 is 5.97 Å². The van der Waals surface area contributed by atoms with Crippen molar-refractivity contribution in [2.45, 2.75) is 6.92 Å². The first-order valence-electron chi connectivity index (χ1n) is 7.19. The lowest BCUT2D eigenvalue weighted by atomic mass is 10.3. The molecule has 9 nitrogen and oxygen atoms in total. The maximum Gasteiger partial charge on any atom is 0.343 e. The van der Waals surface area contributed by atoms with E-state index in [2.05, 4.69) is 20.6 Å². The Morgan fingerprint density at radius 1 is 1.33 bits per heavy atom. The molecule has 1 N–H and O–H groups in total. The van der Waals surface area contributed by atoms with Gasteiger partial charge in [0.2, 0.25) is 5.69 Å². The van der Waals surface area contributed by atoms with E-state index < -0.39 is 11.9 Å². The molecule has 3 aromatic rings. The van der Waals surface area contributed by atoms with Gasteiger partial charge in [0, 0.05) is 0 Å². The van der Waals surface area contributed by atoms with Crippen molar-refractivity contribution in [3.8, 4) is 11.6 Å². The summed E-state index contributed by atoms with van der Waals surface area (Å²) in [6.45, 7) is 1.92. The molecule has 0 aliphatic carbocycles. The summed E-state index contributed by atoms with van der Waals surface area (Å²) in [6, 6.07) is 6.95. The van der Waals surface area contributed by atoms with E-state index in [0.29, 0.717) is 11.4 Å². The van der Waals surface area contributed by atoms with Crippen LogP contribution in [0.1, 0.15) is 27.8 Å². The average Bonchev–Trinajstić information content (AvgIpc) is 2.95. The highest BCUT2D eigenvalue weighted by molar-refractivity contribution is 6.06. The molecule has 0 atom stereocenters. The number of para-hydroxylation sites is 2.